The SMILES string of the molecule is COC(O)[C@H](CCCCNC(=O)OC(C)(C)C)NC(=O)n1ccc2c(N(C)[C@H]3CN(C(=O)CC#N)CC[C@H]3C)ncnc21. The lowest BCUT2D eigenvalue weighted by atomic mass is 9.92. The van der Waals surface area contributed by atoms with Gasteiger partial charge in [0.1, 0.15) is 24.2 Å². The van der Waals surface area contributed by atoms with E-state index in [1.54, 1.807) is 37.9 Å². The first kappa shape index (κ1) is 33.5. The molecule has 1 saturated heterocycles. The molecule has 3 amide bonds. The fourth-order valence-corrected chi connectivity index (χ4v) is 5.17. The molecule has 43 heavy (non-hydrogen) atoms. The number of carbonyl (C=O) groups is 3. The fourth-order valence-electron chi connectivity index (χ4n) is 5.17. The van der Waals surface area contributed by atoms with Crippen LogP contribution in [0.1, 0.15) is 59.8 Å². The van der Waals surface area contributed by atoms with Gasteiger partial charge in [0.25, 0.3) is 0 Å². The molecule has 0 saturated carbocycles. The smallest absolute Gasteiger partial charge is 0.407 e. The van der Waals surface area contributed by atoms with E-state index in [2.05, 4.69) is 27.5 Å². The molecule has 1 unspecified atom stereocenters. The van der Waals surface area contributed by atoms with Gasteiger partial charge in [0.15, 0.2) is 11.9 Å². The molecule has 3 N–H and O–H groups in total. The molecule has 0 bridgehead atoms. The van der Waals surface area contributed by atoms with E-state index in [9.17, 15) is 19.5 Å². The summed E-state index contributed by atoms with van der Waals surface area (Å²) in [4.78, 5) is 50.2. The number of aliphatic hydroxyl groups excluding tert-OH is 1. The van der Waals surface area contributed by atoms with Crippen LogP contribution in [0.15, 0.2) is 18.6 Å². The Balaban J connectivity index is 1.68. The van der Waals surface area contributed by atoms with Crippen LogP contribution in [-0.2, 0) is 14.3 Å². The predicted molar refractivity (Wildman–Crippen MR) is 159 cm³/mol. The Morgan fingerprint density at radius 2 is 2.02 bits per heavy atom. The van der Waals surface area contributed by atoms with Gasteiger partial charge < -0.3 is 35.0 Å². The van der Waals surface area contributed by atoms with Crippen molar-refractivity contribution in [3.63, 3.8) is 0 Å². The molecule has 0 aliphatic carbocycles. The van der Waals surface area contributed by atoms with Crippen molar-refractivity contribution in [3.8, 4) is 6.07 Å². The zero-order valence-electron chi connectivity index (χ0n) is 25.9. The number of nitrogens with one attached hydrogen (secondary N) is 2. The van der Waals surface area contributed by atoms with Gasteiger partial charge in [-0.3, -0.25) is 9.36 Å². The van der Waals surface area contributed by atoms with Gasteiger partial charge in [0.05, 0.1) is 23.5 Å². The number of likely N-dealkylation sites (tertiary alicyclic amines) is 1. The third kappa shape index (κ3) is 9.01. The van der Waals surface area contributed by atoms with E-state index in [0.29, 0.717) is 55.7 Å². The Bertz CT molecular complexity index is 1300. The highest BCUT2D eigenvalue weighted by Crippen LogP contribution is 2.29. The minimum atomic E-state index is -1.24. The minimum Gasteiger partial charge on any atom is -0.444 e. The van der Waals surface area contributed by atoms with Crippen LogP contribution in [0.3, 0.4) is 0 Å². The molecule has 1 aliphatic heterocycles. The number of amides is 3. The molecule has 14 nitrogen and oxygen atoms in total. The highest BCUT2D eigenvalue weighted by atomic mass is 16.6. The topological polar surface area (TPSA) is 175 Å². The second-order valence-corrected chi connectivity index (χ2v) is 11.8. The van der Waals surface area contributed by atoms with Crippen molar-refractivity contribution in [2.75, 3.05) is 38.7 Å². The van der Waals surface area contributed by atoms with E-state index in [1.165, 1.54) is 18.0 Å². The molecule has 3 heterocycles. The second kappa shape index (κ2) is 15.0. The van der Waals surface area contributed by atoms with Crippen LogP contribution in [0.25, 0.3) is 11.0 Å². The summed E-state index contributed by atoms with van der Waals surface area (Å²) in [7, 11) is 3.26. The minimum absolute atomic E-state index is 0.0438. The van der Waals surface area contributed by atoms with Gasteiger partial charge in [-0.05, 0) is 58.4 Å². The summed E-state index contributed by atoms with van der Waals surface area (Å²) in [5, 5.41) is 25.6. The highest BCUT2D eigenvalue weighted by molar-refractivity contribution is 5.95. The lowest BCUT2D eigenvalue weighted by Crippen LogP contribution is -2.52. The Morgan fingerprint density at radius 1 is 1.28 bits per heavy atom. The number of aromatic nitrogens is 3. The number of nitriles is 1. The summed E-state index contributed by atoms with van der Waals surface area (Å²) in [6.07, 6.45) is 3.51. The average Bonchev–Trinajstić information content (AvgIpc) is 3.39. The second-order valence-electron chi connectivity index (χ2n) is 11.8. The van der Waals surface area contributed by atoms with Crippen molar-refractivity contribution >= 4 is 34.9 Å². The number of hydrogen-bond donors (Lipinski definition) is 3. The van der Waals surface area contributed by atoms with Crippen molar-refractivity contribution in [1.29, 1.82) is 5.26 Å². The predicted octanol–water partition coefficient (Wildman–Crippen LogP) is 2.60. The highest BCUT2D eigenvalue weighted by Gasteiger charge is 2.33. The number of aliphatic hydroxyl groups is 1. The maximum atomic E-state index is 13.3. The zero-order chi connectivity index (χ0) is 31.7. The van der Waals surface area contributed by atoms with E-state index in [-0.39, 0.29) is 24.3 Å². The van der Waals surface area contributed by atoms with Gasteiger partial charge in [-0.1, -0.05) is 6.92 Å². The average molecular weight is 601 g/mol. The number of fused-ring (bicyclic) bond motifs is 1. The molecule has 14 heteroatoms. The molecule has 2 aromatic heterocycles. The quantitative estimate of drug-likeness (QED) is 0.257. The standard InChI is InChI=1S/C29H44N8O6/c1-19-11-15-36(23(38)10-13-30)17-22(19)35(5)24-20-12-16-37(25(20)33-18-32-24)27(40)34-21(26(39)42-6)9-7-8-14-31-28(41)43-29(2,3)4/h12,16,18-19,21-22,26,39H,7-11,14-15,17H2,1-6H3,(H,31,41)(H,34,40)/t19-,21+,22+,26?/m1/s1. The van der Waals surface area contributed by atoms with Crippen molar-refractivity contribution < 1.29 is 29.0 Å². The molecule has 1 fully saturated rings. The number of anilines is 1. The first-order valence-corrected chi connectivity index (χ1v) is 14.5. The molecule has 236 valence electrons. The third-order valence-electron chi connectivity index (χ3n) is 7.52. The summed E-state index contributed by atoms with van der Waals surface area (Å²) in [6, 6.07) is 2.45. The molecular formula is C29H44N8O6. The number of nitrogens with zero attached hydrogens (tertiary/aromatic N) is 6. The summed E-state index contributed by atoms with van der Waals surface area (Å²) in [5.41, 5.74) is -0.192. The molecule has 1 aliphatic rings. The fraction of sp³-hybridized carbons (Fsp3) is 0.655. The van der Waals surface area contributed by atoms with Gasteiger partial charge >= 0.3 is 12.1 Å². The molecule has 0 radical (unpaired) electrons. The van der Waals surface area contributed by atoms with Crippen molar-refractivity contribution in [1.82, 2.24) is 30.1 Å². The Morgan fingerprint density at radius 3 is 2.70 bits per heavy atom. The van der Waals surface area contributed by atoms with Crippen molar-refractivity contribution in [2.24, 2.45) is 5.92 Å². The molecule has 2 aromatic rings. The van der Waals surface area contributed by atoms with Crippen molar-refractivity contribution in [3.05, 3.63) is 18.6 Å². The maximum absolute atomic E-state index is 13.3. The molecule has 0 spiro atoms. The molecular weight excluding hydrogens is 556 g/mol. The van der Waals surface area contributed by atoms with E-state index < -0.39 is 30.1 Å². The summed E-state index contributed by atoms with van der Waals surface area (Å²) < 4.78 is 11.7. The number of unbranched alkanes of at least 4 members (excludes halogenated alkanes) is 1. The molecule has 3 rings (SSSR count). The number of methoxy groups -OCH3 is 1. The number of rotatable bonds is 11. The maximum Gasteiger partial charge on any atom is 0.407 e. The Kier molecular flexibility index (Phi) is 11.7. The monoisotopic (exact) mass is 600 g/mol. The van der Waals surface area contributed by atoms with Gasteiger partial charge in [0.2, 0.25) is 5.91 Å². The van der Waals surface area contributed by atoms with Gasteiger partial charge in [-0.2, -0.15) is 5.26 Å². The number of likely N-dealkylation sites (N-methyl/N-ethyl adjacent to an activating group) is 1. The van der Waals surface area contributed by atoms with E-state index in [4.69, 9.17) is 14.7 Å². The van der Waals surface area contributed by atoms with Crippen molar-refractivity contribution in [2.45, 2.75) is 83.8 Å². The van der Waals surface area contributed by atoms with Crippen LogP contribution < -0.4 is 15.5 Å². The number of alkyl carbamates (subject to hydrolysis) is 1. The largest absolute Gasteiger partial charge is 0.444 e. The lowest BCUT2D eigenvalue weighted by molar-refractivity contribution is -0.131. The van der Waals surface area contributed by atoms with E-state index in [1.807, 2.05) is 18.0 Å². The normalized spacial score (nSPS) is 18.4. The third-order valence-corrected chi connectivity index (χ3v) is 7.52. The zero-order valence-corrected chi connectivity index (χ0v) is 25.9. The summed E-state index contributed by atoms with van der Waals surface area (Å²) >= 11 is 0. The molecule has 4 atom stereocenters. The van der Waals surface area contributed by atoms with Crippen LogP contribution in [0.5, 0.6) is 0 Å². The first-order valence-electron chi connectivity index (χ1n) is 14.5. The Labute approximate surface area is 252 Å². The van der Waals surface area contributed by atoms with E-state index >= 15 is 0 Å². The summed E-state index contributed by atoms with van der Waals surface area (Å²) in [6.45, 7) is 8.96. The van der Waals surface area contributed by atoms with Crippen LogP contribution in [0.2, 0.25) is 0 Å². The lowest BCUT2D eigenvalue weighted by Gasteiger charge is -2.42. The van der Waals surface area contributed by atoms with E-state index in [0.717, 1.165) is 6.42 Å². The van der Waals surface area contributed by atoms with Crippen LogP contribution in [0, 0.1) is 17.2 Å². The van der Waals surface area contributed by atoms with Gasteiger partial charge in [0, 0.05) is 40.0 Å². The molecule has 0 aromatic carbocycles. The number of piperidine rings is 1. The van der Waals surface area contributed by atoms with Crippen LogP contribution in [0.4, 0.5) is 15.4 Å². The number of ether oxygens (including phenoxy) is 2. The number of carbonyl (C=O) groups excluding carboxylic acids is 3. The van der Waals surface area contributed by atoms with Crippen LogP contribution in [-0.4, -0.2) is 100 Å². The Hall–Kier alpha value is -3.96. The first-order chi connectivity index (χ1) is 20.4. The summed E-state index contributed by atoms with van der Waals surface area (Å²) in [5.74, 6) is 0.701. The van der Waals surface area contributed by atoms with Gasteiger partial charge in [-0.15, -0.1) is 0 Å². The number of hydrogen-bond acceptors (Lipinski definition) is 10. The van der Waals surface area contributed by atoms with Crippen LogP contribution >= 0.6 is 0 Å². The van der Waals surface area contributed by atoms with Gasteiger partial charge in [-0.25, -0.2) is 19.6 Å².